The van der Waals surface area contributed by atoms with E-state index in [1.807, 2.05) is 0 Å². The van der Waals surface area contributed by atoms with E-state index >= 15 is 0 Å². The van der Waals surface area contributed by atoms with Crippen LogP contribution in [-0.2, 0) is 11.2 Å². The van der Waals surface area contributed by atoms with Crippen molar-refractivity contribution in [2.75, 3.05) is 13.1 Å². The van der Waals surface area contributed by atoms with Crippen LogP contribution >= 0.6 is 0 Å². The molecule has 4 N–H and O–H groups in total. The number of aliphatic hydroxyl groups is 1. The summed E-state index contributed by atoms with van der Waals surface area (Å²) in [5.74, 6) is -1.39. The first-order valence-electron chi connectivity index (χ1n) is 8.13. The number of nitrogens with zero attached hydrogens (tertiary/aromatic N) is 1. The quantitative estimate of drug-likeness (QED) is 0.648. The Kier molecular flexibility index (Phi) is 7.72. The van der Waals surface area contributed by atoms with Crippen LogP contribution in [-0.4, -0.2) is 47.0 Å². The van der Waals surface area contributed by atoms with Gasteiger partial charge in [-0.1, -0.05) is 6.92 Å². The summed E-state index contributed by atoms with van der Waals surface area (Å²) in [7, 11) is 0. The number of likely N-dealkylation sites (N-methyl/N-ethyl adjacent to an activating group) is 1. The minimum Gasteiger partial charge on any atom is -0.443 e. The van der Waals surface area contributed by atoms with Crippen molar-refractivity contribution in [3.63, 3.8) is 0 Å². The maximum atomic E-state index is 13.2. The van der Waals surface area contributed by atoms with Crippen LogP contribution in [0.4, 0.5) is 13.6 Å². The topological polar surface area (TPSA) is 87.8 Å². The van der Waals surface area contributed by atoms with Gasteiger partial charge < -0.3 is 15.6 Å². The number of aliphatic hydroxyl groups excluding tert-OH is 1. The van der Waals surface area contributed by atoms with E-state index in [9.17, 15) is 18.7 Å². The van der Waals surface area contributed by atoms with Crippen molar-refractivity contribution in [1.82, 2.24) is 10.4 Å². The summed E-state index contributed by atoms with van der Waals surface area (Å²) in [6, 6.07) is 2.36. The molecule has 1 amide bonds. The lowest BCUT2D eigenvalue weighted by molar-refractivity contribution is 0.0209. The first kappa shape index (κ1) is 21.3. The van der Waals surface area contributed by atoms with Crippen molar-refractivity contribution < 1.29 is 23.4 Å². The molecule has 0 heterocycles. The molecule has 1 aromatic rings. The third-order valence-corrected chi connectivity index (χ3v) is 3.33. The number of carbonyl (C=O) groups is 1. The molecule has 0 aromatic heterocycles. The summed E-state index contributed by atoms with van der Waals surface area (Å²) in [4.78, 5) is 11.8. The predicted octanol–water partition coefficient (Wildman–Crippen LogP) is 1.96. The summed E-state index contributed by atoms with van der Waals surface area (Å²) < 4.78 is 31.6. The third-order valence-electron chi connectivity index (χ3n) is 3.33. The largest absolute Gasteiger partial charge is 0.443 e. The van der Waals surface area contributed by atoms with Gasteiger partial charge in [-0.05, 0) is 44.9 Å². The zero-order chi connectivity index (χ0) is 19.2. The first-order chi connectivity index (χ1) is 11.5. The van der Waals surface area contributed by atoms with Crippen molar-refractivity contribution in [2.45, 2.75) is 51.9 Å². The lowest BCUT2D eigenvalue weighted by Gasteiger charge is -2.28. The Morgan fingerprint density at radius 2 is 1.88 bits per heavy atom. The number of hydrogen-bond acceptors (Lipinski definition) is 5. The summed E-state index contributed by atoms with van der Waals surface area (Å²) in [6.45, 7) is 7.48. The van der Waals surface area contributed by atoms with Gasteiger partial charge in [0.15, 0.2) is 0 Å². The van der Waals surface area contributed by atoms with Gasteiger partial charge in [-0.3, -0.25) is 5.43 Å². The van der Waals surface area contributed by atoms with E-state index in [4.69, 9.17) is 10.5 Å². The normalized spacial score (nSPS) is 14.3. The number of nitrogens with two attached hydrogens (primary N) is 1. The van der Waals surface area contributed by atoms with E-state index in [2.05, 4.69) is 5.43 Å². The molecule has 2 atom stereocenters. The molecule has 0 fully saturated rings. The fourth-order valence-corrected chi connectivity index (χ4v) is 2.18. The molecule has 0 spiro atoms. The van der Waals surface area contributed by atoms with E-state index in [0.717, 1.165) is 6.07 Å². The molecular formula is C17H27F2N3O3. The highest BCUT2D eigenvalue weighted by Gasteiger charge is 2.22. The van der Waals surface area contributed by atoms with Gasteiger partial charge in [0, 0.05) is 25.2 Å². The minimum atomic E-state index is -1.01. The molecule has 0 radical (unpaired) electrons. The van der Waals surface area contributed by atoms with Crippen molar-refractivity contribution in [3.05, 3.63) is 35.4 Å². The zero-order valence-corrected chi connectivity index (χ0v) is 15.1. The van der Waals surface area contributed by atoms with Crippen LogP contribution in [0.15, 0.2) is 18.2 Å². The molecule has 0 aliphatic rings. The average Bonchev–Trinajstić information content (AvgIpc) is 2.43. The van der Waals surface area contributed by atoms with E-state index in [1.165, 1.54) is 17.1 Å². The van der Waals surface area contributed by atoms with Crippen LogP contribution in [0.5, 0.6) is 0 Å². The Morgan fingerprint density at radius 3 is 2.36 bits per heavy atom. The molecule has 6 nitrogen and oxygen atoms in total. The summed E-state index contributed by atoms with van der Waals surface area (Å²) in [5.41, 5.74) is 8.16. The molecule has 0 aliphatic carbocycles. The standard InChI is InChI=1S/C17H27F2N3O3/c1-5-22(21-16(24)25-17(2,3)4)10-15(23)14(20)8-11-6-12(18)9-13(19)7-11/h6-7,9,14-15,23H,5,8,10,20H2,1-4H3,(H,21,24)/t14-,15-/m0/s1. The Hall–Kier alpha value is -1.77. The van der Waals surface area contributed by atoms with Crippen molar-refractivity contribution in [2.24, 2.45) is 5.73 Å². The SMILES string of the molecule is CCN(C[C@H](O)[C@@H](N)Cc1cc(F)cc(F)c1)NC(=O)OC(C)(C)C. The smallest absolute Gasteiger partial charge is 0.422 e. The first-order valence-corrected chi connectivity index (χ1v) is 8.13. The second kappa shape index (κ2) is 9.07. The number of ether oxygens (including phenoxy) is 1. The molecule has 0 bridgehead atoms. The third kappa shape index (κ3) is 8.24. The molecule has 0 saturated carbocycles. The fraction of sp³-hybridized carbons (Fsp3) is 0.588. The van der Waals surface area contributed by atoms with Gasteiger partial charge in [-0.25, -0.2) is 18.6 Å². The van der Waals surface area contributed by atoms with Crippen LogP contribution in [0.1, 0.15) is 33.3 Å². The molecule has 0 unspecified atom stereocenters. The Balaban J connectivity index is 2.59. The van der Waals surface area contributed by atoms with Crippen molar-refractivity contribution in [1.29, 1.82) is 0 Å². The number of halogens is 2. The van der Waals surface area contributed by atoms with E-state index < -0.39 is 35.5 Å². The minimum absolute atomic E-state index is 0.0503. The summed E-state index contributed by atoms with van der Waals surface area (Å²) in [6.07, 6.45) is -1.55. The summed E-state index contributed by atoms with van der Waals surface area (Å²) in [5, 5.41) is 11.7. The monoisotopic (exact) mass is 359 g/mol. The Morgan fingerprint density at radius 1 is 1.32 bits per heavy atom. The number of amides is 1. The lowest BCUT2D eigenvalue weighted by atomic mass is 10.0. The highest BCUT2D eigenvalue weighted by molar-refractivity contribution is 5.67. The van der Waals surface area contributed by atoms with Gasteiger partial charge in [0.25, 0.3) is 0 Å². The van der Waals surface area contributed by atoms with Gasteiger partial charge in [0.05, 0.1) is 6.10 Å². The highest BCUT2D eigenvalue weighted by atomic mass is 19.1. The van der Waals surface area contributed by atoms with Gasteiger partial charge in [0.2, 0.25) is 0 Å². The number of nitrogens with one attached hydrogen (secondary N) is 1. The molecule has 8 heteroatoms. The van der Waals surface area contributed by atoms with Crippen molar-refractivity contribution in [3.8, 4) is 0 Å². The predicted molar refractivity (Wildman–Crippen MR) is 90.7 cm³/mol. The second-order valence-electron chi connectivity index (χ2n) is 6.87. The van der Waals surface area contributed by atoms with E-state index in [0.29, 0.717) is 12.1 Å². The lowest BCUT2D eigenvalue weighted by Crippen LogP contribution is -2.51. The van der Waals surface area contributed by atoms with Crippen LogP contribution in [0.2, 0.25) is 0 Å². The summed E-state index contributed by atoms with van der Waals surface area (Å²) >= 11 is 0. The molecule has 1 aromatic carbocycles. The number of rotatable bonds is 7. The molecular weight excluding hydrogens is 332 g/mol. The number of benzene rings is 1. The highest BCUT2D eigenvalue weighted by Crippen LogP contribution is 2.11. The van der Waals surface area contributed by atoms with Gasteiger partial charge in [-0.2, -0.15) is 0 Å². The number of hydrogen-bond donors (Lipinski definition) is 3. The maximum Gasteiger partial charge on any atom is 0.422 e. The molecule has 0 saturated heterocycles. The average molecular weight is 359 g/mol. The molecule has 0 aliphatic heterocycles. The van der Waals surface area contributed by atoms with Gasteiger partial charge in [0.1, 0.15) is 17.2 Å². The Labute approximate surface area is 146 Å². The number of carbonyl (C=O) groups excluding carboxylic acids is 1. The van der Waals surface area contributed by atoms with E-state index in [-0.39, 0.29) is 13.0 Å². The second-order valence-corrected chi connectivity index (χ2v) is 6.87. The van der Waals surface area contributed by atoms with Gasteiger partial charge in [-0.15, -0.1) is 0 Å². The number of hydrazine groups is 1. The van der Waals surface area contributed by atoms with Crippen LogP contribution in [0.3, 0.4) is 0 Å². The van der Waals surface area contributed by atoms with Crippen LogP contribution < -0.4 is 11.2 Å². The van der Waals surface area contributed by atoms with Crippen LogP contribution in [0, 0.1) is 11.6 Å². The fourth-order valence-electron chi connectivity index (χ4n) is 2.18. The maximum absolute atomic E-state index is 13.2. The van der Waals surface area contributed by atoms with Crippen LogP contribution in [0.25, 0.3) is 0 Å². The van der Waals surface area contributed by atoms with Crippen molar-refractivity contribution >= 4 is 6.09 Å². The van der Waals surface area contributed by atoms with Gasteiger partial charge >= 0.3 is 6.09 Å². The molecule has 1 rings (SSSR count). The van der Waals surface area contributed by atoms with E-state index in [1.54, 1.807) is 27.7 Å². The Bertz CT molecular complexity index is 558. The molecule has 142 valence electrons. The zero-order valence-electron chi connectivity index (χ0n) is 15.1. The molecule has 25 heavy (non-hydrogen) atoms.